The number of aliphatic carboxylic acids is 4. The molecule has 0 rings (SSSR count). The molecule has 0 fully saturated rings. The zero-order valence-electron chi connectivity index (χ0n) is 11.6. The summed E-state index contributed by atoms with van der Waals surface area (Å²) < 4.78 is 0. The average Bonchev–Trinajstić information content (AvgIpc) is 2.33. The van der Waals surface area contributed by atoms with Crippen molar-refractivity contribution in [3.8, 4) is 0 Å². The van der Waals surface area contributed by atoms with Crippen molar-refractivity contribution >= 4 is 42.9 Å². The Kier molecular flexibility index (Phi) is 15.4. The minimum absolute atomic E-state index is 0.106. The molecule has 0 aromatic heterocycles. The van der Waals surface area contributed by atoms with E-state index in [-0.39, 0.29) is 29.0 Å². The Morgan fingerprint density at radius 2 is 1.04 bits per heavy atom. The van der Waals surface area contributed by atoms with E-state index < -0.39 is 50.1 Å². The maximum atomic E-state index is 10.5. The van der Waals surface area contributed by atoms with Crippen LogP contribution in [0.2, 0.25) is 0 Å². The summed E-state index contributed by atoms with van der Waals surface area (Å²) in [6.07, 6.45) is 0. The van der Waals surface area contributed by atoms with Gasteiger partial charge in [-0.2, -0.15) is 0 Å². The Bertz CT molecular complexity index is 344. The van der Waals surface area contributed by atoms with E-state index >= 15 is 0 Å². The van der Waals surface area contributed by atoms with Gasteiger partial charge in [-0.05, 0) is 0 Å². The summed E-state index contributed by atoms with van der Waals surface area (Å²) in [4.78, 5) is 43.9. The van der Waals surface area contributed by atoms with Gasteiger partial charge >= 0.3 is 46.9 Å². The fourth-order valence-corrected chi connectivity index (χ4v) is 1.46. The molecule has 0 saturated carbocycles. The monoisotopic (exact) mass is 466 g/mol. The van der Waals surface area contributed by atoms with E-state index in [4.69, 9.17) is 29.3 Å². The van der Waals surface area contributed by atoms with Gasteiger partial charge in [-0.1, -0.05) is 0 Å². The molecule has 138 valence electrons. The van der Waals surface area contributed by atoms with E-state index in [0.717, 1.165) is 9.80 Å². The summed E-state index contributed by atoms with van der Waals surface area (Å²) in [5, 5.41) is 38.0. The average molecular weight is 468 g/mol. The Labute approximate surface area is 147 Å². The summed E-state index contributed by atoms with van der Waals surface area (Å²) in [7, 11) is 9.63. The van der Waals surface area contributed by atoms with Gasteiger partial charge in [-0.3, -0.25) is 19.4 Å². The van der Waals surface area contributed by atoms with Crippen molar-refractivity contribution in [2.75, 3.05) is 39.3 Å². The SMILES string of the molecule is O=C([O-])CN(CCN(CC(=O)O)CC(=O)O)CC(=O)[O-].[Cl][Pd][Cl]. The van der Waals surface area contributed by atoms with E-state index in [9.17, 15) is 29.4 Å². The van der Waals surface area contributed by atoms with Crippen LogP contribution in [0.25, 0.3) is 0 Å². The van der Waals surface area contributed by atoms with Crippen LogP contribution in [0.3, 0.4) is 0 Å². The van der Waals surface area contributed by atoms with Crippen molar-refractivity contribution in [1.29, 1.82) is 0 Å². The molecule has 2 N–H and O–H groups in total. The molecule has 0 aromatic rings. The molecule has 0 saturated heterocycles. The summed E-state index contributed by atoms with van der Waals surface area (Å²) in [6, 6.07) is 0. The third kappa shape index (κ3) is 19.0. The molecule has 13 heteroatoms. The predicted molar refractivity (Wildman–Crippen MR) is 69.9 cm³/mol. The predicted octanol–water partition coefficient (Wildman–Crippen LogP) is -3.36. The number of carbonyl (C=O) groups is 4. The molecule has 0 heterocycles. The molecule has 0 aliphatic heterocycles. The van der Waals surface area contributed by atoms with E-state index in [2.05, 4.69) is 0 Å². The van der Waals surface area contributed by atoms with Crippen molar-refractivity contribution in [3.05, 3.63) is 0 Å². The summed E-state index contributed by atoms with van der Waals surface area (Å²) in [5.74, 6) is -5.52. The maximum absolute atomic E-state index is 10.5. The Hall–Kier alpha value is -0.958. The van der Waals surface area contributed by atoms with Crippen LogP contribution in [0.15, 0.2) is 0 Å². The Morgan fingerprint density at radius 3 is 1.26 bits per heavy atom. The summed E-state index contributed by atoms with van der Waals surface area (Å²) in [6.45, 7) is -2.75. The van der Waals surface area contributed by atoms with Crippen LogP contribution in [-0.2, 0) is 35.1 Å². The third-order valence-corrected chi connectivity index (χ3v) is 2.16. The minimum atomic E-state index is -1.51. The number of carbonyl (C=O) groups excluding carboxylic acids is 2. The van der Waals surface area contributed by atoms with Crippen molar-refractivity contribution < 1.29 is 55.5 Å². The van der Waals surface area contributed by atoms with Gasteiger partial charge in [0.05, 0.1) is 25.0 Å². The normalized spacial score (nSPS) is 10.3. The Balaban J connectivity index is 0. The van der Waals surface area contributed by atoms with Gasteiger partial charge in [-0.25, -0.2) is 0 Å². The van der Waals surface area contributed by atoms with E-state index in [0.29, 0.717) is 0 Å². The summed E-state index contributed by atoms with van der Waals surface area (Å²) in [5.41, 5.74) is 0. The first-order chi connectivity index (χ1) is 10.6. The van der Waals surface area contributed by atoms with Gasteiger partial charge in [0.2, 0.25) is 0 Å². The fourth-order valence-electron chi connectivity index (χ4n) is 1.46. The standard InChI is InChI=1S/C10H16N2O8.2ClH.Pd/c13-7(14)3-11(4-8(15)16)1-2-12(5-9(17)18)6-10(19)20;;;/h1-6H2,(H,13,14)(H,15,16)(H,17,18)(H,19,20);2*1H;/q;;;+2/p-4. The number of halogens is 2. The van der Waals surface area contributed by atoms with Gasteiger partial charge in [-0.15, -0.1) is 0 Å². The molecule has 0 aromatic carbocycles. The molecule has 0 aliphatic rings. The molecule has 0 unspecified atom stereocenters. The van der Waals surface area contributed by atoms with E-state index in [1.54, 1.807) is 0 Å². The van der Waals surface area contributed by atoms with Crippen LogP contribution >= 0.6 is 19.1 Å². The Morgan fingerprint density at radius 1 is 0.783 bits per heavy atom. The van der Waals surface area contributed by atoms with Crippen molar-refractivity contribution in [1.82, 2.24) is 9.80 Å². The molecule has 0 radical (unpaired) electrons. The van der Waals surface area contributed by atoms with E-state index in [1.807, 2.05) is 0 Å². The molecule has 23 heavy (non-hydrogen) atoms. The first kappa shape index (κ1) is 24.3. The topological polar surface area (TPSA) is 161 Å². The molecular formula is C10H14Cl2N2O8Pd-2. The van der Waals surface area contributed by atoms with E-state index in [1.165, 1.54) is 0 Å². The molecule has 0 bridgehead atoms. The third-order valence-electron chi connectivity index (χ3n) is 2.16. The van der Waals surface area contributed by atoms with Crippen molar-refractivity contribution in [2.45, 2.75) is 0 Å². The molecular weight excluding hydrogens is 453 g/mol. The summed E-state index contributed by atoms with van der Waals surface area (Å²) >= 11 is -0.106. The molecule has 10 nitrogen and oxygen atoms in total. The van der Waals surface area contributed by atoms with Gasteiger partial charge in [0.15, 0.2) is 0 Å². The number of hydrogen-bond donors (Lipinski definition) is 2. The fraction of sp³-hybridized carbons (Fsp3) is 0.600. The van der Waals surface area contributed by atoms with Crippen LogP contribution < -0.4 is 10.2 Å². The number of rotatable bonds is 11. The quantitative estimate of drug-likeness (QED) is 0.294. The zero-order valence-corrected chi connectivity index (χ0v) is 14.6. The number of hydrogen-bond acceptors (Lipinski definition) is 8. The van der Waals surface area contributed by atoms with Crippen LogP contribution in [0.1, 0.15) is 0 Å². The first-order valence-electron chi connectivity index (χ1n) is 5.72. The van der Waals surface area contributed by atoms with Crippen LogP contribution in [0.4, 0.5) is 0 Å². The van der Waals surface area contributed by atoms with Gasteiger partial charge < -0.3 is 30.0 Å². The van der Waals surface area contributed by atoms with Gasteiger partial charge in [0, 0.05) is 26.2 Å². The van der Waals surface area contributed by atoms with Gasteiger partial charge in [0.25, 0.3) is 0 Å². The molecule has 0 amide bonds. The molecule has 0 spiro atoms. The second-order valence-corrected chi connectivity index (χ2v) is 6.36. The molecule has 0 aliphatic carbocycles. The zero-order chi connectivity index (χ0) is 18.4. The second-order valence-electron chi connectivity index (χ2n) is 4.00. The number of carboxylic acid groups (broad SMARTS) is 4. The van der Waals surface area contributed by atoms with Crippen molar-refractivity contribution in [3.63, 3.8) is 0 Å². The molecule has 0 atom stereocenters. The first-order valence-corrected chi connectivity index (χ1v) is 9.73. The number of carboxylic acids is 4. The van der Waals surface area contributed by atoms with Gasteiger partial charge in [0.1, 0.15) is 0 Å². The number of nitrogens with zero attached hydrogens (tertiary/aromatic N) is 2. The van der Waals surface area contributed by atoms with Crippen molar-refractivity contribution in [2.24, 2.45) is 0 Å². The second kappa shape index (κ2) is 14.6. The van der Waals surface area contributed by atoms with Crippen LogP contribution in [-0.4, -0.2) is 83.2 Å². The van der Waals surface area contributed by atoms with Crippen LogP contribution in [0.5, 0.6) is 0 Å². The van der Waals surface area contributed by atoms with Crippen LogP contribution in [0, 0.1) is 0 Å².